The largest absolute Gasteiger partial charge is 0.383 e. The Bertz CT molecular complexity index is 268. The van der Waals surface area contributed by atoms with Crippen LogP contribution in [0.15, 0.2) is 23.4 Å². The molecule has 0 saturated heterocycles. The average Bonchev–Trinajstić information content (AvgIpc) is 2.25. The van der Waals surface area contributed by atoms with Crippen LogP contribution < -0.4 is 5.32 Å². The number of hydrogen-bond acceptors (Lipinski definition) is 4. The summed E-state index contributed by atoms with van der Waals surface area (Å²) in [4.78, 5) is 4.29. The van der Waals surface area contributed by atoms with Gasteiger partial charge in [0.25, 0.3) is 0 Å². The van der Waals surface area contributed by atoms with Crippen molar-refractivity contribution in [2.45, 2.75) is 11.6 Å². The van der Waals surface area contributed by atoms with Gasteiger partial charge in [-0.05, 0) is 17.9 Å². The molecule has 0 bridgehead atoms. The number of pyridine rings is 1. The van der Waals surface area contributed by atoms with E-state index in [1.54, 1.807) is 18.9 Å². The number of nitrogens with one attached hydrogen (secondary N) is 1. The van der Waals surface area contributed by atoms with Crippen LogP contribution >= 0.6 is 11.8 Å². The molecule has 0 saturated carbocycles. The van der Waals surface area contributed by atoms with Gasteiger partial charge < -0.3 is 10.1 Å². The van der Waals surface area contributed by atoms with Gasteiger partial charge in [0.15, 0.2) is 0 Å². The Morgan fingerprint density at radius 2 is 2.43 bits per heavy atom. The van der Waals surface area contributed by atoms with Crippen LogP contribution in [-0.2, 0) is 11.3 Å². The first-order valence-electron chi connectivity index (χ1n) is 4.56. The Kier molecular flexibility index (Phi) is 5.59. The van der Waals surface area contributed by atoms with Crippen molar-refractivity contribution in [2.24, 2.45) is 0 Å². The molecule has 0 fully saturated rings. The fourth-order valence-electron chi connectivity index (χ4n) is 1.14. The van der Waals surface area contributed by atoms with E-state index < -0.39 is 0 Å². The zero-order valence-corrected chi connectivity index (χ0v) is 9.43. The van der Waals surface area contributed by atoms with E-state index in [0.717, 1.165) is 24.7 Å². The van der Waals surface area contributed by atoms with E-state index in [1.807, 2.05) is 18.5 Å². The predicted octanol–water partition coefficient (Wildman–Crippen LogP) is 1.54. The fraction of sp³-hybridized carbons (Fsp3) is 0.500. The summed E-state index contributed by atoms with van der Waals surface area (Å²) in [6.45, 7) is 2.47. The summed E-state index contributed by atoms with van der Waals surface area (Å²) in [5.41, 5.74) is 1.25. The summed E-state index contributed by atoms with van der Waals surface area (Å²) in [7, 11) is 1.71. The van der Waals surface area contributed by atoms with Gasteiger partial charge in [0.2, 0.25) is 0 Å². The van der Waals surface area contributed by atoms with Crippen molar-refractivity contribution in [3.63, 3.8) is 0 Å². The Morgan fingerprint density at radius 1 is 1.57 bits per heavy atom. The molecule has 1 rings (SSSR count). The fourth-order valence-corrected chi connectivity index (χ4v) is 1.71. The lowest BCUT2D eigenvalue weighted by atomic mass is 10.3. The molecule has 3 nitrogen and oxygen atoms in total. The zero-order chi connectivity index (χ0) is 10.2. The number of aromatic nitrogens is 1. The van der Waals surface area contributed by atoms with Crippen molar-refractivity contribution in [1.82, 2.24) is 10.3 Å². The first kappa shape index (κ1) is 11.5. The van der Waals surface area contributed by atoms with Crippen LogP contribution in [0.1, 0.15) is 5.56 Å². The van der Waals surface area contributed by atoms with Crippen LogP contribution in [0.25, 0.3) is 0 Å². The van der Waals surface area contributed by atoms with Crippen molar-refractivity contribution in [3.8, 4) is 0 Å². The molecule has 4 heteroatoms. The van der Waals surface area contributed by atoms with Gasteiger partial charge in [-0.25, -0.2) is 4.98 Å². The second-order valence-electron chi connectivity index (χ2n) is 2.84. The third-order valence-corrected chi connectivity index (χ3v) is 2.60. The molecule has 0 unspecified atom stereocenters. The van der Waals surface area contributed by atoms with E-state index in [4.69, 9.17) is 4.74 Å². The zero-order valence-electron chi connectivity index (χ0n) is 8.62. The number of methoxy groups -OCH3 is 1. The van der Waals surface area contributed by atoms with E-state index in [0.29, 0.717) is 0 Å². The molecule has 0 amide bonds. The molecule has 1 aromatic rings. The smallest absolute Gasteiger partial charge is 0.100 e. The van der Waals surface area contributed by atoms with Crippen molar-refractivity contribution in [3.05, 3.63) is 23.9 Å². The summed E-state index contributed by atoms with van der Waals surface area (Å²) in [6, 6.07) is 4.06. The molecule has 1 aromatic heterocycles. The van der Waals surface area contributed by atoms with Crippen molar-refractivity contribution < 1.29 is 4.74 Å². The van der Waals surface area contributed by atoms with Gasteiger partial charge in [0.1, 0.15) is 5.03 Å². The number of hydrogen-bond donors (Lipinski definition) is 1. The van der Waals surface area contributed by atoms with Crippen molar-refractivity contribution in [1.29, 1.82) is 0 Å². The monoisotopic (exact) mass is 212 g/mol. The van der Waals surface area contributed by atoms with Crippen LogP contribution in [0, 0.1) is 0 Å². The topological polar surface area (TPSA) is 34.1 Å². The van der Waals surface area contributed by atoms with Crippen LogP contribution in [0.4, 0.5) is 0 Å². The Balaban J connectivity index is 2.41. The van der Waals surface area contributed by atoms with Crippen LogP contribution in [-0.4, -0.2) is 31.5 Å². The molecule has 1 heterocycles. The van der Waals surface area contributed by atoms with E-state index in [9.17, 15) is 0 Å². The third-order valence-electron chi connectivity index (χ3n) is 1.84. The van der Waals surface area contributed by atoms with Gasteiger partial charge in [-0.15, -0.1) is 11.8 Å². The normalized spacial score (nSPS) is 10.4. The molecule has 0 aromatic carbocycles. The van der Waals surface area contributed by atoms with Crippen LogP contribution in [0.2, 0.25) is 0 Å². The highest BCUT2D eigenvalue weighted by molar-refractivity contribution is 7.98. The minimum atomic E-state index is 0.745. The summed E-state index contributed by atoms with van der Waals surface area (Å²) >= 11 is 1.68. The summed E-state index contributed by atoms with van der Waals surface area (Å²) in [6.07, 6.45) is 3.87. The van der Waals surface area contributed by atoms with Gasteiger partial charge in [-0.2, -0.15) is 0 Å². The molecule has 0 aliphatic rings. The number of rotatable bonds is 6. The Labute approximate surface area is 89.3 Å². The summed E-state index contributed by atoms with van der Waals surface area (Å²) in [5, 5.41) is 4.39. The number of thioether (sulfide) groups is 1. The first-order chi connectivity index (χ1) is 6.88. The molecule has 78 valence electrons. The van der Waals surface area contributed by atoms with Gasteiger partial charge in [-0.3, -0.25) is 0 Å². The Morgan fingerprint density at radius 3 is 3.14 bits per heavy atom. The maximum absolute atomic E-state index is 4.95. The van der Waals surface area contributed by atoms with Crippen LogP contribution in [0.5, 0.6) is 0 Å². The van der Waals surface area contributed by atoms with E-state index >= 15 is 0 Å². The summed E-state index contributed by atoms with van der Waals surface area (Å²) < 4.78 is 4.95. The minimum Gasteiger partial charge on any atom is -0.383 e. The van der Waals surface area contributed by atoms with Crippen molar-refractivity contribution in [2.75, 3.05) is 26.5 Å². The lowest BCUT2D eigenvalue weighted by Crippen LogP contribution is -2.19. The molecule has 0 aliphatic heterocycles. The van der Waals surface area contributed by atoms with Gasteiger partial charge in [0, 0.05) is 26.4 Å². The second-order valence-corrected chi connectivity index (χ2v) is 3.64. The van der Waals surface area contributed by atoms with E-state index in [2.05, 4.69) is 16.4 Å². The quantitative estimate of drug-likeness (QED) is 0.573. The molecule has 1 N–H and O–H groups in total. The standard InChI is InChI=1S/C10H16N2OS/c1-13-7-6-11-8-9-4-3-5-12-10(9)14-2/h3-5,11H,6-8H2,1-2H3. The summed E-state index contributed by atoms with van der Waals surface area (Å²) in [5.74, 6) is 0. The maximum atomic E-state index is 4.95. The van der Waals surface area contributed by atoms with Crippen molar-refractivity contribution >= 4 is 11.8 Å². The van der Waals surface area contributed by atoms with E-state index in [1.165, 1.54) is 5.56 Å². The molecule has 0 spiro atoms. The van der Waals surface area contributed by atoms with Crippen LogP contribution in [0.3, 0.4) is 0 Å². The highest BCUT2D eigenvalue weighted by Gasteiger charge is 2.00. The average molecular weight is 212 g/mol. The van der Waals surface area contributed by atoms with E-state index in [-0.39, 0.29) is 0 Å². The lowest BCUT2D eigenvalue weighted by Gasteiger charge is -2.07. The number of nitrogens with zero attached hydrogens (tertiary/aromatic N) is 1. The lowest BCUT2D eigenvalue weighted by molar-refractivity contribution is 0.199. The highest BCUT2D eigenvalue weighted by atomic mass is 32.2. The molecular formula is C10H16N2OS. The maximum Gasteiger partial charge on any atom is 0.100 e. The minimum absolute atomic E-state index is 0.745. The molecule has 14 heavy (non-hydrogen) atoms. The van der Waals surface area contributed by atoms with Gasteiger partial charge >= 0.3 is 0 Å². The molecular weight excluding hydrogens is 196 g/mol. The predicted molar refractivity (Wildman–Crippen MR) is 59.6 cm³/mol. The second kappa shape index (κ2) is 6.81. The SMILES string of the molecule is COCCNCc1cccnc1SC. The molecule has 0 aliphatic carbocycles. The molecule has 0 atom stereocenters. The molecule has 0 radical (unpaired) electrons. The first-order valence-corrected chi connectivity index (χ1v) is 5.78. The third kappa shape index (κ3) is 3.65. The highest BCUT2D eigenvalue weighted by Crippen LogP contribution is 2.15. The number of ether oxygens (including phenoxy) is 1. The van der Waals surface area contributed by atoms with Gasteiger partial charge in [-0.1, -0.05) is 6.07 Å². The Hall–Kier alpha value is -0.580. The van der Waals surface area contributed by atoms with Gasteiger partial charge in [0.05, 0.1) is 6.61 Å².